The number of nitrogens with zero attached hydrogens (tertiary/aromatic N) is 4. The number of hydrogen-bond acceptors (Lipinski definition) is 6. The van der Waals surface area contributed by atoms with Crippen LogP contribution in [0.1, 0.15) is 48.3 Å². The van der Waals surface area contributed by atoms with E-state index in [0.29, 0.717) is 66.0 Å². The molecular formula is C35H39Br2N7O4. The molecule has 0 aliphatic carbocycles. The van der Waals surface area contributed by atoms with E-state index in [0.717, 1.165) is 24.0 Å². The number of nitrogens with one attached hydrogen (secondary N) is 2. The molecule has 1 aromatic heterocycles. The van der Waals surface area contributed by atoms with Crippen LogP contribution in [0.3, 0.4) is 0 Å². The van der Waals surface area contributed by atoms with Crippen LogP contribution in [0.5, 0.6) is 0 Å². The van der Waals surface area contributed by atoms with Crippen LogP contribution in [0.2, 0.25) is 0 Å². The van der Waals surface area contributed by atoms with E-state index in [4.69, 9.17) is 5.73 Å². The van der Waals surface area contributed by atoms with E-state index in [1.54, 1.807) is 17.3 Å². The molecule has 3 saturated heterocycles. The highest BCUT2D eigenvalue weighted by molar-refractivity contribution is 9.11. The maximum absolute atomic E-state index is 14.0. The number of carbonyl (C=O) groups is 4. The van der Waals surface area contributed by atoms with E-state index < -0.39 is 12.1 Å². The Morgan fingerprint density at radius 2 is 1.52 bits per heavy atom. The summed E-state index contributed by atoms with van der Waals surface area (Å²) in [5.74, 6) is -0.00111. The Kier molecular flexibility index (Phi) is 10.6. The molecule has 6 rings (SSSR count). The first kappa shape index (κ1) is 33.9. The largest absolute Gasteiger partial charge is 0.397 e. The van der Waals surface area contributed by atoms with Crippen molar-refractivity contribution in [3.05, 3.63) is 92.6 Å². The zero-order valence-corrected chi connectivity index (χ0v) is 29.7. The summed E-state index contributed by atoms with van der Waals surface area (Å²) >= 11 is 7.00. The van der Waals surface area contributed by atoms with Crippen molar-refractivity contribution in [1.82, 2.24) is 30.3 Å². The number of benzene rings is 2. The Balaban J connectivity index is 1.09. The number of carbonyl (C=O) groups excluding carboxylic acids is 4. The highest BCUT2D eigenvalue weighted by Gasteiger charge is 2.43. The molecule has 11 nitrogen and oxygen atoms in total. The first-order valence-electron chi connectivity index (χ1n) is 16.3. The molecule has 3 fully saturated rings. The number of rotatable bonds is 8. The Morgan fingerprint density at radius 3 is 2.17 bits per heavy atom. The number of urea groups is 2. The van der Waals surface area contributed by atoms with Gasteiger partial charge in [-0.3, -0.25) is 19.5 Å². The number of likely N-dealkylation sites (tertiary alicyclic amines) is 2. The first-order valence-corrected chi connectivity index (χ1v) is 17.9. The molecule has 0 bridgehead atoms. The van der Waals surface area contributed by atoms with E-state index >= 15 is 0 Å². The normalized spacial score (nSPS) is 19.7. The van der Waals surface area contributed by atoms with Crippen LogP contribution in [-0.4, -0.2) is 87.9 Å². The van der Waals surface area contributed by atoms with E-state index in [9.17, 15) is 19.2 Å². The Hall–Kier alpha value is -3.97. The number of imide groups is 1. The highest BCUT2D eigenvalue weighted by atomic mass is 79.9. The molecule has 252 valence electrons. The Bertz CT molecular complexity index is 1620. The first-order chi connectivity index (χ1) is 23.2. The van der Waals surface area contributed by atoms with Crippen LogP contribution in [0.15, 0.2) is 75.9 Å². The topological polar surface area (TPSA) is 141 Å². The number of pyridine rings is 1. The molecule has 3 aliphatic heterocycles. The standard InChI is InChI=1S/C35H39Br2N7O4/c36-27-18-23(19-28(37)31(27)38)21-29(32(45)42-14-8-25(9-15-42)24-6-12-39-13-7-24)40-34(47)43-16-10-26(11-17-43)44-33(46)30(41-35(44)48)20-22-4-2-1-3-5-22/h1-7,12-13,18-19,25-26,29-30H,8-11,14-17,20-21,38H2,(H,40,47)(H,41,48)/t29-,30?/m1/s1. The van der Waals surface area contributed by atoms with Crippen LogP contribution in [0, 0.1) is 0 Å². The predicted octanol–water partition coefficient (Wildman–Crippen LogP) is 4.84. The van der Waals surface area contributed by atoms with Crippen molar-refractivity contribution >= 4 is 61.4 Å². The monoisotopic (exact) mass is 779 g/mol. The highest BCUT2D eigenvalue weighted by Crippen LogP contribution is 2.31. The number of nitrogen functional groups attached to an aromatic ring is 1. The summed E-state index contributed by atoms with van der Waals surface area (Å²) in [4.78, 5) is 62.7. The predicted molar refractivity (Wildman–Crippen MR) is 189 cm³/mol. The van der Waals surface area contributed by atoms with Crippen molar-refractivity contribution in [3.63, 3.8) is 0 Å². The fraction of sp³-hybridized carbons (Fsp3) is 0.400. The van der Waals surface area contributed by atoms with Gasteiger partial charge in [0.15, 0.2) is 0 Å². The van der Waals surface area contributed by atoms with Gasteiger partial charge in [0.25, 0.3) is 5.91 Å². The minimum Gasteiger partial charge on any atom is -0.397 e. The van der Waals surface area contributed by atoms with Crippen molar-refractivity contribution in [3.8, 4) is 0 Å². The maximum Gasteiger partial charge on any atom is 0.325 e. The zero-order chi connectivity index (χ0) is 33.8. The lowest BCUT2D eigenvalue weighted by Crippen LogP contribution is -2.56. The fourth-order valence-corrected chi connectivity index (χ4v) is 8.21. The van der Waals surface area contributed by atoms with Crippen molar-refractivity contribution < 1.29 is 19.2 Å². The van der Waals surface area contributed by atoms with E-state index in [1.165, 1.54) is 10.5 Å². The number of anilines is 1. The molecule has 2 atom stereocenters. The van der Waals surface area contributed by atoms with Crippen LogP contribution in [0.25, 0.3) is 0 Å². The van der Waals surface area contributed by atoms with Crippen molar-refractivity contribution in [2.75, 3.05) is 31.9 Å². The lowest BCUT2D eigenvalue weighted by Gasteiger charge is -2.37. The van der Waals surface area contributed by atoms with E-state index in [-0.39, 0.29) is 36.3 Å². The van der Waals surface area contributed by atoms with Crippen LogP contribution in [0.4, 0.5) is 15.3 Å². The molecule has 0 radical (unpaired) electrons. The SMILES string of the molecule is Nc1c(Br)cc(C[C@@H](NC(=O)N2CCC(N3C(=O)NC(Cc4ccccc4)C3=O)CC2)C(=O)N2CCC(c3ccncc3)CC2)cc1Br. The molecule has 0 saturated carbocycles. The Labute approximate surface area is 296 Å². The van der Waals surface area contributed by atoms with E-state index in [2.05, 4.69) is 47.5 Å². The van der Waals surface area contributed by atoms with Crippen LogP contribution < -0.4 is 16.4 Å². The number of halogens is 2. The number of piperidine rings is 2. The molecule has 2 aromatic carbocycles. The average molecular weight is 782 g/mol. The van der Waals surface area contributed by atoms with Crippen LogP contribution >= 0.6 is 31.9 Å². The molecule has 0 spiro atoms. The van der Waals surface area contributed by atoms with Gasteiger partial charge in [0, 0.05) is 66.4 Å². The lowest BCUT2D eigenvalue weighted by molar-refractivity contribution is -0.134. The summed E-state index contributed by atoms with van der Waals surface area (Å²) in [7, 11) is 0. The van der Waals surface area contributed by atoms with Gasteiger partial charge >= 0.3 is 12.1 Å². The minimum absolute atomic E-state index is 0.126. The number of amides is 6. The second kappa shape index (κ2) is 15.1. The number of aromatic nitrogens is 1. The fourth-order valence-electron chi connectivity index (χ4n) is 6.93. The maximum atomic E-state index is 14.0. The summed E-state index contributed by atoms with van der Waals surface area (Å²) in [5.41, 5.74) is 9.72. The molecule has 48 heavy (non-hydrogen) atoms. The van der Waals surface area contributed by atoms with Gasteiger partial charge in [-0.25, -0.2) is 9.59 Å². The molecule has 1 unspecified atom stereocenters. The molecule has 6 amide bonds. The van der Waals surface area contributed by atoms with Gasteiger partial charge in [-0.05, 0) is 104 Å². The van der Waals surface area contributed by atoms with Crippen molar-refractivity contribution in [2.45, 2.75) is 62.6 Å². The van der Waals surface area contributed by atoms with Gasteiger partial charge in [0.2, 0.25) is 5.91 Å². The van der Waals surface area contributed by atoms with Crippen molar-refractivity contribution in [1.29, 1.82) is 0 Å². The quantitative estimate of drug-likeness (QED) is 0.221. The smallest absolute Gasteiger partial charge is 0.325 e. The van der Waals surface area contributed by atoms with Gasteiger partial charge in [-0.15, -0.1) is 0 Å². The Morgan fingerprint density at radius 1 is 0.896 bits per heavy atom. The minimum atomic E-state index is -0.792. The molecule has 3 aliphatic rings. The molecule has 13 heteroatoms. The molecule has 4 N–H and O–H groups in total. The van der Waals surface area contributed by atoms with Gasteiger partial charge in [0.1, 0.15) is 12.1 Å². The third kappa shape index (κ3) is 7.67. The van der Waals surface area contributed by atoms with Gasteiger partial charge in [0.05, 0.1) is 5.69 Å². The third-order valence-corrected chi connectivity index (χ3v) is 10.9. The molecule has 4 heterocycles. The molecular weight excluding hydrogens is 742 g/mol. The van der Waals surface area contributed by atoms with E-state index in [1.807, 2.05) is 59.5 Å². The summed E-state index contributed by atoms with van der Waals surface area (Å²) in [6, 6.07) is 15.0. The number of hydrogen-bond donors (Lipinski definition) is 3. The molecule has 3 aromatic rings. The zero-order valence-electron chi connectivity index (χ0n) is 26.5. The van der Waals surface area contributed by atoms with Gasteiger partial charge < -0.3 is 26.2 Å². The summed E-state index contributed by atoms with van der Waals surface area (Å²) < 4.78 is 1.41. The number of nitrogens with two attached hydrogens (primary N) is 1. The second-order valence-electron chi connectivity index (χ2n) is 12.7. The van der Waals surface area contributed by atoms with Gasteiger partial charge in [-0.2, -0.15) is 0 Å². The van der Waals surface area contributed by atoms with Gasteiger partial charge in [-0.1, -0.05) is 30.3 Å². The van der Waals surface area contributed by atoms with Crippen LogP contribution in [-0.2, 0) is 22.4 Å². The third-order valence-electron chi connectivity index (χ3n) is 9.61. The average Bonchev–Trinajstić information content (AvgIpc) is 3.38. The second-order valence-corrected chi connectivity index (χ2v) is 14.4. The lowest BCUT2D eigenvalue weighted by atomic mass is 9.89. The summed E-state index contributed by atoms with van der Waals surface area (Å²) in [5, 5.41) is 5.87. The summed E-state index contributed by atoms with van der Waals surface area (Å²) in [6.45, 7) is 1.90. The summed E-state index contributed by atoms with van der Waals surface area (Å²) in [6.07, 6.45) is 6.90. The van der Waals surface area contributed by atoms with Crippen molar-refractivity contribution in [2.24, 2.45) is 0 Å².